The van der Waals surface area contributed by atoms with E-state index in [0.29, 0.717) is 17.5 Å². The molecule has 0 aliphatic carbocycles. The van der Waals surface area contributed by atoms with Crippen LogP contribution in [0.3, 0.4) is 0 Å². The lowest BCUT2D eigenvalue weighted by Crippen LogP contribution is -2.52. The van der Waals surface area contributed by atoms with Crippen molar-refractivity contribution in [3.05, 3.63) is 29.8 Å². The van der Waals surface area contributed by atoms with E-state index in [1.807, 2.05) is 24.3 Å². The lowest BCUT2D eigenvalue weighted by Gasteiger charge is -2.39. The molecule has 0 aromatic heterocycles. The van der Waals surface area contributed by atoms with Crippen LogP contribution in [0.5, 0.6) is 0 Å². The minimum atomic E-state index is -0.262. The molecule has 4 heteroatoms. The summed E-state index contributed by atoms with van der Waals surface area (Å²) in [5.41, 5.74) is 1.65. The highest BCUT2D eigenvalue weighted by molar-refractivity contribution is 5.95. The molecule has 4 nitrogen and oxygen atoms in total. The Morgan fingerprint density at radius 3 is 2.90 bits per heavy atom. The second-order valence-corrected chi connectivity index (χ2v) is 5.69. The van der Waals surface area contributed by atoms with Gasteiger partial charge in [0, 0.05) is 25.7 Å². The van der Waals surface area contributed by atoms with Crippen molar-refractivity contribution in [3.8, 4) is 0 Å². The summed E-state index contributed by atoms with van der Waals surface area (Å²) in [6.07, 6.45) is 1.11. The molecule has 1 N–H and O–H groups in total. The summed E-state index contributed by atoms with van der Waals surface area (Å²) >= 11 is 0. The lowest BCUT2D eigenvalue weighted by atomic mass is 9.99. The Kier molecular flexibility index (Phi) is 5.01. The van der Waals surface area contributed by atoms with E-state index in [-0.39, 0.29) is 5.97 Å². The van der Waals surface area contributed by atoms with Crippen molar-refractivity contribution >= 4 is 11.7 Å². The van der Waals surface area contributed by atoms with Crippen LogP contribution < -0.4 is 10.2 Å². The number of ether oxygens (including phenoxy) is 1. The average Bonchev–Trinajstić information content (AvgIpc) is 2.46. The quantitative estimate of drug-likeness (QED) is 0.857. The maximum Gasteiger partial charge on any atom is 0.339 e. The van der Waals surface area contributed by atoms with Crippen LogP contribution in [0.15, 0.2) is 24.3 Å². The van der Waals surface area contributed by atoms with Crippen molar-refractivity contribution in [1.29, 1.82) is 0 Å². The van der Waals surface area contributed by atoms with Crippen LogP contribution in [0.25, 0.3) is 0 Å². The van der Waals surface area contributed by atoms with Crippen LogP contribution in [0.2, 0.25) is 0 Å². The molecule has 0 saturated carbocycles. The maximum atomic E-state index is 11.9. The van der Waals surface area contributed by atoms with Gasteiger partial charge in [0.15, 0.2) is 0 Å². The van der Waals surface area contributed by atoms with Gasteiger partial charge in [0.05, 0.1) is 18.4 Å². The highest BCUT2D eigenvalue weighted by Gasteiger charge is 2.26. The number of para-hydroxylation sites is 1. The van der Waals surface area contributed by atoms with E-state index in [1.165, 1.54) is 7.11 Å². The Labute approximate surface area is 121 Å². The topological polar surface area (TPSA) is 41.6 Å². The van der Waals surface area contributed by atoms with E-state index in [1.54, 1.807) is 0 Å². The second-order valence-electron chi connectivity index (χ2n) is 5.69. The highest BCUT2D eigenvalue weighted by atomic mass is 16.5. The zero-order valence-corrected chi connectivity index (χ0v) is 12.6. The van der Waals surface area contributed by atoms with E-state index in [0.717, 1.165) is 31.7 Å². The molecule has 1 unspecified atom stereocenters. The van der Waals surface area contributed by atoms with Crippen LogP contribution in [0.4, 0.5) is 5.69 Å². The van der Waals surface area contributed by atoms with Crippen LogP contribution in [-0.4, -0.2) is 38.8 Å². The third-order valence-electron chi connectivity index (χ3n) is 3.71. The summed E-state index contributed by atoms with van der Waals surface area (Å²) in [5.74, 6) is 0.370. The fraction of sp³-hybridized carbons (Fsp3) is 0.562. The molecule has 1 fully saturated rings. The smallest absolute Gasteiger partial charge is 0.339 e. The van der Waals surface area contributed by atoms with Gasteiger partial charge in [-0.15, -0.1) is 0 Å². The number of carbonyl (C=O) groups is 1. The number of hydrogen-bond donors (Lipinski definition) is 1. The molecule has 1 atom stereocenters. The van der Waals surface area contributed by atoms with E-state index in [2.05, 4.69) is 24.1 Å². The van der Waals surface area contributed by atoms with Gasteiger partial charge >= 0.3 is 5.97 Å². The predicted molar refractivity (Wildman–Crippen MR) is 81.2 cm³/mol. The lowest BCUT2D eigenvalue weighted by molar-refractivity contribution is 0.0601. The molecule has 0 bridgehead atoms. The zero-order valence-electron chi connectivity index (χ0n) is 12.6. The molecule has 1 saturated heterocycles. The van der Waals surface area contributed by atoms with Gasteiger partial charge < -0.3 is 15.0 Å². The highest BCUT2D eigenvalue weighted by Crippen LogP contribution is 2.26. The molecule has 1 aromatic carbocycles. The van der Waals surface area contributed by atoms with Crippen molar-refractivity contribution in [2.75, 3.05) is 31.6 Å². The summed E-state index contributed by atoms with van der Waals surface area (Å²) in [6.45, 7) is 7.31. The molecule has 1 aliphatic rings. The number of esters is 1. The number of anilines is 1. The first-order valence-corrected chi connectivity index (χ1v) is 7.28. The molecule has 0 amide bonds. The maximum absolute atomic E-state index is 11.9. The first-order valence-electron chi connectivity index (χ1n) is 7.28. The SMILES string of the molecule is COC(=O)c1ccccc1N1CCNCC1CC(C)C. The molecule has 110 valence electrons. The van der Waals surface area contributed by atoms with E-state index >= 15 is 0 Å². The first kappa shape index (κ1) is 14.9. The number of hydrogen-bond acceptors (Lipinski definition) is 4. The fourth-order valence-electron chi connectivity index (χ4n) is 2.84. The van der Waals surface area contributed by atoms with Crippen molar-refractivity contribution in [3.63, 3.8) is 0 Å². The van der Waals surface area contributed by atoms with E-state index < -0.39 is 0 Å². The van der Waals surface area contributed by atoms with Crippen LogP contribution in [0, 0.1) is 5.92 Å². The van der Waals surface area contributed by atoms with Gasteiger partial charge in [-0.1, -0.05) is 26.0 Å². The van der Waals surface area contributed by atoms with Crippen molar-refractivity contribution in [1.82, 2.24) is 5.32 Å². The summed E-state index contributed by atoms with van der Waals surface area (Å²) in [6, 6.07) is 8.15. The van der Waals surface area contributed by atoms with Gasteiger partial charge in [-0.25, -0.2) is 4.79 Å². The van der Waals surface area contributed by atoms with Crippen LogP contribution in [0.1, 0.15) is 30.6 Å². The summed E-state index contributed by atoms with van der Waals surface area (Å²) in [5, 5.41) is 3.44. The number of carbonyl (C=O) groups excluding carboxylic acids is 1. The fourth-order valence-corrected chi connectivity index (χ4v) is 2.84. The predicted octanol–water partition coefficient (Wildman–Crippen LogP) is 2.30. The molecule has 0 radical (unpaired) electrons. The first-order chi connectivity index (χ1) is 9.63. The van der Waals surface area contributed by atoms with Gasteiger partial charge in [-0.3, -0.25) is 0 Å². The van der Waals surface area contributed by atoms with Crippen molar-refractivity contribution in [2.45, 2.75) is 26.3 Å². The summed E-state index contributed by atoms with van der Waals surface area (Å²) in [4.78, 5) is 14.3. The second kappa shape index (κ2) is 6.75. The zero-order chi connectivity index (χ0) is 14.5. The monoisotopic (exact) mass is 276 g/mol. The number of methoxy groups -OCH3 is 1. The Hall–Kier alpha value is -1.55. The standard InChI is InChI=1S/C16H24N2O2/c1-12(2)10-13-11-17-8-9-18(13)15-7-5-4-6-14(15)16(19)20-3/h4-7,12-13,17H,8-11H2,1-3H3. The third-order valence-corrected chi connectivity index (χ3v) is 3.71. The van der Waals surface area contributed by atoms with Crippen LogP contribution in [-0.2, 0) is 4.74 Å². The Morgan fingerprint density at radius 2 is 2.20 bits per heavy atom. The molecule has 2 rings (SSSR count). The molecule has 0 spiro atoms. The van der Waals surface area contributed by atoms with E-state index in [4.69, 9.17) is 4.74 Å². The number of nitrogens with one attached hydrogen (secondary N) is 1. The average molecular weight is 276 g/mol. The van der Waals surface area contributed by atoms with Crippen molar-refractivity contribution in [2.24, 2.45) is 5.92 Å². The van der Waals surface area contributed by atoms with Gasteiger partial charge in [0.2, 0.25) is 0 Å². The molecular weight excluding hydrogens is 252 g/mol. The van der Waals surface area contributed by atoms with E-state index in [9.17, 15) is 4.79 Å². The van der Waals surface area contributed by atoms with Gasteiger partial charge in [-0.05, 0) is 24.5 Å². The van der Waals surface area contributed by atoms with Crippen molar-refractivity contribution < 1.29 is 9.53 Å². The van der Waals surface area contributed by atoms with Crippen LogP contribution >= 0.6 is 0 Å². The summed E-state index contributed by atoms with van der Waals surface area (Å²) in [7, 11) is 1.43. The molecule has 1 aliphatic heterocycles. The van der Waals surface area contributed by atoms with Gasteiger partial charge in [0.25, 0.3) is 0 Å². The van der Waals surface area contributed by atoms with Gasteiger partial charge in [-0.2, -0.15) is 0 Å². The normalized spacial score (nSPS) is 19.2. The minimum Gasteiger partial charge on any atom is -0.465 e. The number of nitrogens with zero attached hydrogens (tertiary/aromatic N) is 1. The third kappa shape index (κ3) is 3.31. The number of rotatable bonds is 4. The van der Waals surface area contributed by atoms with Gasteiger partial charge in [0.1, 0.15) is 0 Å². The number of piperazine rings is 1. The Bertz CT molecular complexity index is 460. The Balaban J connectivity index is 2.30. The largest absolute Gasteiger partial charge is 0.465 e. The Morgan fingerprint density at radius 1 is 1.45 bits per heavy atom. The molecule has 1 heterocycles. The summed E-state index contributed by atoms with van der Waals surface area (Å²) < 4.78 is 4.90. The molecule has 20 heavy (non-hydrogen) atoms. The number of benzene rings is 1. The molecular formula is C16H24N2O2. The minimum absolute atomic E-state index is 0.262. The molecule has 1 aromatic rings.